The van der Waals surface area contributed by atoms with Crippen LogP contribution in [0.2, 0.25) is 0 Å². The van der Waals surface area contributed by atoms with Crippen molar-refractivity contribution in [3.05, 3.63) is 18.0 Å². The first-order valence-electron chi connectivity index (χ1n) is 4.23. The van der Waals surface area contributed by atoms with Gasteiger partial charge in [0.05, 0.1) is 19.4 Å². The molecule has 12 heavy (non-hydrogen) atoms. The van der Waals surface area contributed by atoms with Gasteiger partial charge in [-0.15, -0.1) is 0 Å². The average Bonchev–Trinajstić information content (AvgIpc) is 2.59. The first-order chi connectivity index (χ1) is 5.95. The molecule has 0 amide bonds. The Morgan fingerprint density at radius 3 is 3.00 bits per heavy atom. The quantitative estimate of drug-likeness (QED) is 0.686. The largest absolute Gasteiger partial charge is 0.379 e. The number of hydrogen-bond donors (Lipinski definition) is 1. The highest BCUT2D eigenvalue weighted by atomic mass is 16.5. The molecular weight excluding hydrogens is 154 g/mol. The molecule has 0 bridgehead atoms. The standard InChI is InChI=1S/C8H13N3O/c1-3-12-4-2-11(1)7-8-5-9-10-6-8/h5-6H,1-4,7H2,(H,9,10). The Morgan fingerprint density at radius 2 is 2.33 bits per heavy atom. The highest BCUT2D eigenvalue weighted by Crippen LogP contribution is 2.03. The normalized spacial score (nSPS) is 19.7. The molecule has 2 heterocycles. The van der Waals surface area contributed by atoms with Crippen molar-refractivity contribution in [1.82, 2.24) is 15.1 Å². The summed E-state index contributed by atoms with van der Waals surface area (Å²) in [5.41, 5.74) is 1.25. The SMILES string of the molecule is c1n[nH]cc1CN1CCOCC1. The molecule has 0 aliphatic carbocycles. The van der Waals surface area contributed by atoms with Crippen molar-refractivity contribution < 1.29 is 4.74 Å². The van der Waals surface area contributed by atoms with E-state index in [-0.39, 0.29) is 0 Å². The number of rotatable bonds is 2. The van der Waals surface area contributed by atoms with Gasteiger partial charge in [0.25, 0.3) is 0 Å². The van der Waals surface area contributed by atoms with E-state index in [0.717, 1.165) is 32.8 Å². The van der Waals surface area contributed by atoms with E-state index < -0.39 is 0 Å². The van der Waals surface area contributed by atoms with Crippen LogP contribution < -0.4 is 0 Å². The number of aromatic nitrogens is 2. The summed E-state index contributed by atoms with van der Waals surface area (Å²) in [6.45, 7) is 4.77. The Morgan fingerprint density at radius 1 is 1.50 bits per heavy atom. The summed E-state index contributed by atoms with van der Waals surface area (Å²) in [7, 11) is 0. The van der Waals surface area contributed by atoms with Gasteiger partial charge in [-0.05, 0) is 0 Å². The fourth-order valence-electron chi connectivity index (χ4n) is 1.38. The van der Waals surface area contributed by atoms with Crippen molar-refractivity contribution in [2.75, 3.05) is 26.3 Å². The molecule has 1 aromatic heterocycles. The highest BCUT2D eigenvalue weighted by Gasteiger charge is 2.10. The lowest BCUT2D eigenvalue weighted by atomic mass is 10.3. The Labute approximate surface area is 71.5 Å². The lowest BCUT2D eigenvalue weighted by Gasteiger charge is -2.25. The summed E-state index contributed by atoms with van der Waals surface area (Å²) >= 11 is 0. The van der Waals surface area contributed by atoms with Crippen LogP contribution in [0.4, 0.5) is 0 Å². The molecule has 66 valence electrons. The summed E-state index contributed by atoms with van der Waals surface area (Å²) in [5.74, 6) is 0. The summed E-state index contributed by atoms with van der Waals surface area (Å²) in [4.78, 5) is 2.37. The minimum absolute atomic E-state index is 0.859. The Hall–Kier alpha value is -0.870. The van der Waals surface area contributed by atoms with Crippen LogP contribution in [0.3, 0.4) is 0 Å². The smallest absolute Gasteiger partial charge is 0.0594 e. The van der Waals surface area contributed by atoms with Crippen LogP contribution in [-0.4, -0.2) is 41.4 Å². The zero-order valence-electron chi connectivity index (χ0n) is 6.99. The second-order valence-electron chi connectivity index (χ2n) is 3.00. The molecule has 0 spiro atoms. The summed E-state index contributed by atoms with van der Waals surface area (Å²) < 4.78 is 5.25. The Balaban J connectivity index is 1.86. The van der Waals surface area contributed by atoms with Gasteiger partial charge in [-0.25, -0.2) is 0 Å². The number of hydrogen-bond acceptors (Lipinski definition) is 3. The second-order valence-corrected chi connectivity index (χ2v) is 3.00. The number of nitrogens with one attached hydrogen (secondary N) is 1. The van der Waals surface area contributed by atoms with Crippen molar-refractivity contribution in [2.45, 2.75) is 6.54 Å². The highest BCUT2D eigenvalue weighted by molar-refractivity contribution is 5.01. The number of nitrogens with zero attached hydrogens (tertiary/aromatic N) is 2. The molecule has 0 atom stereocenters. The predicted molar refractivity (Wildman–Crippen MR) is 44.7 cm³/mol. The van der Waals surface area contributed by atoms with E-state index in [2.05, 4.69) is 15.1 Å². The minimum Gasteiger partial charge on any atom is -0.379 e. The van der Waals surface area contributed by atoms with Gasteiger partial charge in [0.1, 0.15) is 0 Å². The summed E-state index contributed by atoms with van der Waals surface area (Å²) in [5, 5.41) is 6.72. The van der Waals surface area contributed by atoms with Crippen LogP contribution in [0.25, 0.3) is 0 Å². The van der Waals surface area contributed by atoms with Gasteiger partial charge in [-0.1, -0.05) is 0 Å². The molecular formula is C8H13N3O. The van der Waals surface area contributed by atoms with Crippen LogP contribution in [0.1, 0.15) is 5.56 Å². The van der Waals surface area contributed by atoms with E-state index in [1.807, 2.05) is 12.4 Å². The Bertz CT molecular complexity index is 216. The van der Waals surface area contributed by atoms with Crippen LogP contribution in [0.5, 0.6) is 0 Å². The monoisotopic (exact) mass is 167 g/mol. The van der Waals surface area contributed by atoms with E-state index in [9.17, 15) is 0 Å². The first-order valence-corrected chi connectivity index (χ1v) is 4.23. The van der Waals surface area contributed by atoms with E-state index >= 15 is 0 Å². The maximum Gasteiger partial charge on any atom is 0.0594 e. The first kappa shape index (κ1) is 7.76. The van der Waals surface area contributed by atoms with Crippen molar-refractivity contribution in [2.24, 2.45) is 0 Å². The van der Waals surface area contributed by atoms with Gasteiger partial charge in [-0.3, -0.25) is 10.00 Å². The van der Waals surface area contributed by atoms with Crippen molar-refractivity contribution >= 4 is 0 Å². The lowest BCUT2D eigenvalue weighted by Crippen LogP contribution is -2.35. The van der Waals surface area contributed by atoms with E-state index in [1.165, 1.54) is 5.56 Å². The maximum atomic E-state index is 5.25. The molecule has 1 aromatic rings. The Kier molecular flexibility index (Phi) is 2.39. The zero-order valence-corrected chi connectivity index (χ0v) is 6.99. The van der Waals surface area contributed by atoms with Gasteiger partial charge in [0.2, 0.25) is 0 Å². The number of H-pyrrole nitrogens is 1. The van der Waals surface area contributed by atoms with Crippen LogP contribution in [0, 0.1) is 0 Å². The lowest BCUT2D eigenvalue weighted by molar-refractivity contribution is 0.0342. The molecule has 0 aromatic carbocycles. The van der Waals surface area contributed by atoms with E-state index in [1.54, 1.807) is 0 Å². The molecule has 2 rings (SSSR count). The predicted octanol–water partition coefficient (Wildman–Crippen LogP) is 0.242. The van der Waals surface area contributed by atoms with Crippen molar-refractivity contribution in [1.29, 1.82) is 0 Å². The topological polar surface area (TPSA) is 41.2 Å². The third-order valence-electron chi connectivity index (χ3n) is 2.06. The number of morpholine rings is 1. The fourth-order valence-corrected chi connectivity index (χ4v) is 1.38. The number of aromatic amines is 1. The van der Waals surface area contributed by atoms with Crippen LogP contribution >= 0.6 is 0 Å². The number of ether oxygens (including phenoxy) is 1. The minimum atomic E-state index is 0.859. The maximum absolute atomic E-state index is 5.25. The molecule has 0 unspecified atom stereocenters. The summed E-state index contributed by atoms with van der Waals surface area (Å²) in [6, 6.07) is 0. The second kappa shape index (κ2) is 3.69. The van der Waals surface area contributed by atoms with Crippen molar-refractivity contribution in [3.8, 4) is 0 Å². The zero-order chi connectivity index (χ0) is 8.23. The van der Waals surface area contributed by atoms with Gasteiger partial charge in [0, 0.05) is 31.4 Å². The van der Waals surface area contributed by atoms with E-state index in [4.69, 9.17) is 4.74 Å². The van der Waals surface area contributed by atoms with Gasteiger partial charge < -0.3 is 4.74 Å². The van der Waals surface area contributed by atoms with E-state index in [0.29, 0.717) is 0 Å². The third-order valence-corrected chi connectivity index (χ3v) is 2.06. The van der Waals surface area contributed by atoms with Gasteiger partial charge in [-0.2, -0.15) is 5.10 Å². The summed E-state index contributed by atoms with van der Waals surface area (Å²) in [6.07, 6.45) is 3.81. The molecule has 1 saturated heterocycles. The average molecular weight is 167 g/mol. The van der Waals surface area contributed by atoms with Gasteiger partial charge in [0.15, 0.2) is 0 Å². The van der Waals surface area contributed by atoms with Gasteiger partial charge >= 0.3 is 0 Å². The van der Waals surface area contributed by atoms with Crippen LogP contribution in [-0.2, 0) is 11.3 Å². The fraction of sp³-hybridized carbons (Fsp3) is 0.625. The molecule has 1 N–H and O–H groups in total. The molecule has 1 aliphatic rings. The molecule has 4 heteroatoms. The molecule has 1 aliphatic heterocycles. The van der Waals surface area contributed by atoms with Crippen LogP contribution in [0.15, 0.2) is 12.4 Å². The molecule has 4 nitrogen and oxygen atoms in total. The molecule has 1 fully saturated rings. The molecule has 0 saturated carbocycles. The molecule has 0 radical (unpaired) electrons. The third kappa shape index (κ3) is 1.84. The van der Waals surface area contributed by atoms with Crippen molar-refractivity contribution in [3.63, 3.8) is 0 Å².